The average Bonchev–Trinajstić information content (AvgIpc) is 2.49. The van der Waals surface area contributed by atoms with Gasteiger partial charge in [-0.1, -0.05) is 12.1 Å². The molecule has 0 bridgehead atoms. The molecule has 0 unspecified atom stereocenters. The van der Waals surface area contributed by atoms with Crippen molar-refractivity contribution in [1.82, 2.24) is 9.97 Å². The van der Waals surface area contributed by atoms with E-state index in [1.807, 2.05) is 0 Å². The second kappa shape index (κ2) is 5.54. The third-order valence-electron chi connectivity index (χ3n) is 3.62. The number of hydrogen-bond acceptors (Lipinski definition) is 4. The molecule has 1 aliphatic rings. The van der Waals surface area contributed by atoms with Crippen LogP contribution >= 0.6 is 0 Å². The minimum Gasteiger partial charge on any atom is -0.341 e. The lowest BCUT2D eigenvalue weighted by Crippen LogP contribution is -2.40. The van der Waals surface area contributed by atoms with E-state index in [9.17, 15) is 4.39 Å². The summed E-state index contributed by atoms with van der Waals surface area (Å²) in [4.78, 5) is 10.9. The molecule has 20 heavy (non-hydrogen) atoms. The van der Waals surface area contributed by atoms with Gasteiger partial charge in [0.15, 0.2) is 0 Å². The number of halogens is 1. The van der Waals surface area contributed by atoms with Crippen molar-refractivity contribution < 1.29 is 4.39 Å². The second-order valence-corrected chi connectivity index (χ2v) is 5.05. The third kappa shape index (κ3) is 2.63. The van der Waals surface area contributed by atoms with Gasteiger partial charge in [0.05, 0.1) is 5.69 Å². The van der Waals surface area contributed by atoms with Gasteiger partial charge in [-0.2, -0.15) is 0 Å². The number of hydrogen-bond donors (Lipinski definition) is 1. The van der Waals surface area contributed by atoms with E-state index in [4.69, 9.17) is 5.73 Å². The van der Waals surface area contributed by atoms with Gasteiger partial charge in [0.1, 0.15) is 5.82 Å². The Hall–Kier alpha value is -2.01. The number of nitrogens with zero attached hydrogens (tertiary/aromatic N) is 3. The molecule has 1 saturated heterocycles. The quantitative estimate of drug-likeness (QED) is 0.910. The van der Waals surface area contributed by atoms with E-state index >= 15 is 0 Å². The van der Waals surface area contributed by atoms with Crippen molar-refractivity contribution >= 4 is 5.95 Å². The Kier molecular flexibility index (Phi) is 3.60. The lowest BCUT2D eigenvalue weighted by Gasteiger charge is -2.30. The van der Waals surface area contributed by atoms with E-state index in [1.165, 1.54) is 6.07 Å². The van der Waals surface area contributed by atoms with E-state index in [2.05, 4.69) is 14.9 Å². The molecular weight excluding hydrogens is 255 g/mol. The smallest absolute Gasteiger partial charge is 0.225 e. The average molecular weight is 272 g/mol. The van der Waals surface area contributed by atoms with Gasteiger partial charge >= 0.3 is 0 Å². The predicted octanol–water partition coefficient (Wildman–Crippen LogP) is 2.21. The molecule has 104 valence electrons. The SMILES string of the molecule is NC1CCN(c2nccc(-c3ccccc3F)n2)CC1. The molecule has 1 aromatic carbocycles. The fourth-order valence-electron chi connectivity index (χ4n) is 2.42. The molecule has 3 rings (SSSR count). The number of benzene rings is 1. The van der Waals surface area contributed by atoms with Crippen LogP contribution in [-0.2, 0) is 0 Å². The largest absolute Gasteiger partial charge is 0.341 e. The van der Waals surface area contributed by atoms with E-state index in [-0.39, 0.29) is 11.9 Å². The molecule has 0 amide bonds. The summed E-state index contributed by atoms with van der Waals surface area (Å²) in [7, 11) is 0. The molecule has 2 aromatic rings. The van der Waals surface area contributed by atoms with Gasteiger partial charge in [-0.25, -0.2) is 14.4 Å². The van der Waals surface area contributed by atoms with Crippen molar-refractivity contribution in [2.24, 2.45) is 5.73 Å². The Morgan fingerprint density at radius 3 is 2.65 bits per heavy atom. The second-order valence-electron chi connectivity index (χ2n) is 5.05. The first-order chi connectivity index (χ1) is 9.74. The molecule has 1 aliphatic heterocycles. The van der Waals surface area contributed by atoms with Crippen molar-refractivity contribution in [3.8, 4) is 11.3 Å². The van der Waals surface area contributed by atoms with E-state index in [0.717, 1.165) is 25.9 Å². The first-order valence-electron chi connectivity index (χ1n) is 6.82. The number of rotatable bonds is 2. The number of nitrogens with two attached hydrogens (primary N) is 1. The molecule has 4 nitrogen and oxygen atoms in total. The molecule has 0 saturated carbocycles. The molecule has 0 radical (unpaired) electrons. The van der Waals surface area contributed by atoms with Crippen molar-refractivity contribution in [1.29, 1.82) is 0 Å². The topological polar surface area (TPSA) is 55.0 Å². The fourth-order valence-corrected chi connectivity index (χ4v) is 2.42. The molecule has 0 spiro atoms. The highest BCUT2D eigenvalue weighted by molar-refractivity contribution is 5.60. The van der Waals surface area contributed by atoms with Crippen molar-refractivity contribution in [3.63, 3.8) is 0 Å². The maximum absolute atomic E-state index is 13.8. The molecule has 1 aromatic heterocycles. The molecule has 0 atom stereocenters. The van der Waals surface area contributed by atoms with Gasteiger partial charge in [-0.05, 0) is 31.0 Å². The molecule has 5 heteroatoms. The summed E-state index contributed by atoms with van der Waals surface area (Å²) >= 11 is 0. The number of piperidine rings is 1. The lowest BCUT2D eigenvalue weighted by atomic mass is 10.1. The lowest BCUT2D eigenvalue weighted by molar-refractivity contribution is 0.495. The summed E-state index contributed by atoms with van der Waals surface area (Å²) in [5.74, 6) is 0.385. The monoisotopic (exact) mass is 272 g/mol. The van der Waals surface area contributed by atoms with Gasteiger partial charge < -0.3 is 10.6 Å². The third-order valence-corrected chi connectivity index (χ3v) is 3.62. The first kappa shape index (κ1) is 13.0. The van der Waals surface area contributed by atoms with Crippen LogP contribution in [0.3, 0.4) is 0 Å². The maximum atomic E-state index is 13.8. The van der Waals surface area contributed by atoms with E-state index < -0.39 is 0 Å². The minimum atomic E-state index is -0.266. The Balaban J connectivity index is 1.88. The Morgan fingerprint density at radius 2 is 1.90 bits per heavy atom. The molecule has 1 fully saturated rings. The van der Waals surface area contributed by atoms with Crippen LogP contribution in [0.4, 0.5) is 10.3 Å². The van der Waals surface area contributed by atoms with Gasteiger partial charge in [0.2, 0.25) is 5.95 Å². The summed E-state index contributed by atoms with van der Waals surface area (Å²) < 4.78 is 13.8. The Morgan fingerprint density at radius 1 is 1.15 bits per heavy atom. The maximum Gasteiger partial charge on any atom is 0.225 e. The van der Waals surface area contributed by atoms with Gasteiger partial charge in [0.25, 0.3) is 0 Å². The van der Waals surface area contributed by atoms with Crippen LogP contribution in [0.25, 0.3) is 11.3 Å². The van der Waals surface area contributed by atoms with Crippen LogP contribution in [0, 0.1) is 5.82 Å². The van der Waals surface area contributed by atoms with Crippen LogP contribution in [0.2, 0.25) is 0 Å². The zero-order valence-corrected chi connectivity index (χ0v) is 11.2. The highest BCUT2D eigenvalue weighted by Crippen LogP contribution is 2.23. The van der Waals surface area contributed by atoms with Crippen LogP contribution in [-0.4, -0.2) is 29.1 Å². The van der Waals surface area contributed by atoms with E-state index in [0.29, 0.717) is 17.2 Å². The normalized spacial score (nSPS) is 16.4. The summed E-state index contributed by atoms with van der Waals surface area (Å²) in [6, 6.07) is 8.65. The molecule has 0 aliphatic carbocycles. The zero-order valence-electron chi connectivity index (χ0n) is 11.2. The highest BCUT2D eigenvalue weighted by Gasteiger charge is 2.18. The predicted molar refractivity (Wildman–Crippen MR) is 76.8 cm³/mol. The number of aromatic nitrogens is 2. The fraction of sp³-hybridized carbons (Fsp3) is 0.333. The van der Waals surface area contributed by atoms with Crippen molar-refractivity contribution in [2.75, 3.05) is 18.0 Å². The zero-order chi connectivity index (χ0) is 13.9. The van der Waals surface area contributed by atoms with Gasteiger partial charge in [-0.3, -0.25) is 0 Å². The van der Waals surface area contributed by atoms with E-state index in [1.54, 1.807) is 30.5 Å². The summed E-state index contributed by atoms with van der Waals surface area (Å²) in [6.45, 7) is 1.70. The summed E-state index contributed by atoms with van der Waals surface area (Å²) in [5, 5.41) is 0. The van der Waals surface area contributed by atoms with Crippen LogP contribution in [0.5, 0.6) is 0 Å². The van der Waals surface area contributed by atoms with Crippen molar-refractivity contribution in [3.05, 3.63) is 42.3 Å². The first-order valence-corrected chi connectivity index (χ1v) is 6.82. The minimum absolute atomic E-state index is 0.265. The summed E-state index contributed by atoms with van der Waals surface area (Å²) in [6.07, 6.45) is 3.55. The van der Waals surface area contributed by atoms with Crippen LogP contribution < -0.4 is 10.6 Å². The summed E-state index contributed by atoms with van der Waals surface area (Å²) in [5.41, 5.74) is 7.02. The molecular formula is C15H17FN4. The standard InChI is InChI=1S/C15H17FN4/c16-13-4-2-1-3-12(13)14-5-8-18-15(19-14)20-9-6-11(17)7-10-20/h1-5,8,11H,6-7,9-10,17H2. The molecule has 2 heterocycles. The molecule has 2 N–H and O–H groups in total. The Labute approximate surface area is 117 Å². The van der Waals surface area contributed by atoms with Crippen LogP contribution in [0.15, 0.2) is 36.5 Å². The Bertz CT molecular complexity index is 594. The van der Waals surface area contributed by atoms with Gasteiger partial charge in [-0.15, -0.1) is 0 Å². The van der Waals surface area contributed by atoms with Crippen molar-refractivity contribution in [2.45, 2.75) is 18.9 Å². The van der Waals surface area contributed by atoms with Crippen LogP contribution in [0.1, 0.15) is 12.8 Å². The van der Waals surface area contributed by atoms with Gasteiger partial charge in [0, 0.05) is 30.9 Å². The highest BCUT2D eigenvalue weighted by atomic mass is 19.1. The number of anilines is 1.